The highest BCUT2D eigenvalue weighted by atomic mass is 19.1. The Labute approximate surface area is 299 Å². The molecule has 280 valence electrons. The van der Waals surface area contributed by atoms with Gasteiger partial charge in [0.05, 0.1) is 19.0 Å². The van der Waals surface area contributed by atoms with Gasteiger partial charge < -0.3 is 48.1 Å². The van der Waals surface area contributed by atoms with Crippen molar-refractivity contribution in [1.29, 1.82) is 0 Å². The van der Waals surface area contributed by atoms with Gasteiger partial charge in [-0.15, -0.1) is 0 Å². The Morgan fingerprint density at radius 3 is 2.27 bits per heavy atom. The molecule has 4 rings (SSSR count). The van der Waals surface area contributed by atoms with E-state index in [2.05, 4.69) is 26.6 Å². The summed E-state index contributed by atoms with van der Waals surface area (Å²) < 4.78 is 13.6. The zero-order chi connectivity index (χ0) is 37.8. The number of carbonyl (C=O) groups is 7. The largest absolute Gasteiger partial charge is 0.508 e. The molecular formula is C35H45FN8O8. The second kappa shape index (κ2) is 18.6. The van der Waals surface area contributed by atoms with Crippen molar-refractivity contribution >= 4 is 41.4 Å². The first kappa shape index (κ1) is 39.2. The lowest BCUT2D eigenvalue weighted by atomic mass is 10.0. The Morgan fingerprint density at radius 1 is 0.885 bits per heavy atom. The van der Waals surface area contributed by atoms with Gasteiger partial charge in [0.1, 0.15) is 35.7 Å². The van der Waals surface area contributed by atoms with Crippen molar-refractivity contribution < 1.29 is 43.1 Å². The predicted octanol–water partition coefficient (Wildman–Crippen LogP) is -1.62. The van der Waals surface area contributed by atoms with Crippen LogP contribution in [0.5, 0.6) is 5.75 Å². The fourth-order valence-corrected chi connectivity index (χ4v) is 6.09. The Hall–Kier alpha value is -5.58. The number of phenols is 1. The fourth-order valence-electron chi connectivity index (χ4n) is 6.09. The van der Waals surface area contributed by atoms with Crippen LogP contribution in [-0.4, -0.2) is 101 Å². The van der Waals surface area contributed by atoms with E-state index < -0.39 is 90.3 Å². The van der Waals surface area contributed by atoms with Crippen molar-refractivity contribution in [3.8, 4) is 5.75 Å². The second-order valence-corrected chi connectivity index (χ2v) is 12.9. The van der Waals surface area contributed by atoms with Crippen LogP contribution in [0.2, 0.25) is 0 Å². The first-order chi connectivity index (χ1) is 24.8. The Morgan fingerprint density at radius 2 is 1.58 bits per heavy atom. The number of primary amides is 1. The highest BCUT2D eigenvalue weighted by molar-refractivity contribution is 5.97. The van der Waals surface area contributed by atoms with Crippen LogP contribution in [0.1, 0.15) is 49.7 Å². The normalized spacial score (nSPS) is 22.9. The molecule has 0 aromatic heterocycles. The average molecular weight is 725 g/mol. The van der Waals surface area contributed by atoms with E-state index in [1.807, 2.05) is 0 Å². The summed E-state index contributed by atoms with van der Waals surface area (Å²) in [6, 6.07) is 5.51. The second-order valence-electron chi connectivity index (χ2n) is 12.9. The predicted molar refractivity (Wildman–Crippen MR) is 184 cm³/mol. The van der Waals surface area contributed by atoms with Gasteiger partial charge in [-0.1, -0.05) is 24.3 Å². The average Bonchev–Trinajstić information content (AvgIpc) is 3.61. The number of aromatic hydroxyl groups is 1. The maximum absolute atomic E-state index is 13.7. The van der Waals surface area contributed by atoms with Crippen molar-refractivity contribution in [3.05, 3.63) is 65.5 Å². The van der Waals surface area contributed by atoms with E-state index in [0.717, 1.165) is 0 Å². The lowest BCUT2D eigenvalue weighted by molar-refractivity contribution is -0.142. The Balaban J connectivity index is 1.53. The smallest absolute Gasteiger partial charge is 0.246 e. The molecule has 16 nitrogen and oxygen atoms in total. The van der Waals surface area contributed by atoms with E-state index in [-0.39, 0.29) is 38.1 Å². The number of hydrogen-bond donors (Lipinski definition) is 8. The van der Waals surface area contributed by atoms with Gasteiger partial charge in [0.25, 0.3) is 0 Å². The van der Waals surface area contributed by atoms with Crippen LogP contribution < -0.4 is 38.1 Å². The molecule has 7 amide bonds. The molecule has 17 heteroatoms. The number of amides is 7. The van der Waals surface area contributed by atoms with Gasteiger partial charge in [-0.05, 0) is 73.9 Å². The summed E-state index contributed by atoms with van der Waals surface area (Å²) in [6.45, 7) is -0.263. The van der Waals surface area contributed by atoms with Crippen molar-refractivity contribution in [2.45, 2.75) is 81.6 Å². The molecule has 2 saturated heterocycles. The summed E-state index contributed by atoms with van der Waals surface area (Å²) in [7, 11) is 0. The molecule has 0 aliphatic carbocycles. The summed E-state index contributed by atoms with van der Waals surface area (Å²) in [6.07, 6.45) is 1.15. The van der Waals surface area contributed by atoms with Crippen LogP contribution in [0.3, 0.4) is 0 Å². The Bertz CT molecular complexity index is 1620. The van der Waals surface area contributed by atoms with E-state index >= 15 is 0 Å². The maximum atomic E-state index is 13.7. The van der Waals surface area contributed by atoms with Gasteiger partial charge in [0, 0.05) is 19.5 Å². The number of nitrogens with zero attached hydrogens (tertiary/aromatic N) is 1. The molecule has 0 radical (unpaired) electrons. The number of halogens is 1. The van der Waals surface area contributed by atoms with Gasteiger partial charge >= 0.3 is 0 Å². The maximum Gasteiger partial charge on any atom is 0.246 e. The monoisotopic (exact) mass is 724 g/mol. The molecule has 52 heavy (non-hydrogen) atoms. The molecule has 2 aromatic rings. The highest BCUT2D eigenvalue weighted by Crippen LogP contribution is 2.19. The minimum absolute atomic E-state index is 0.0523. The van der Waals surface area contributed by atoms with Crippen molar-refractivity contribution in [2.24, 2.45) is 11.5 Å². The molecule has 2 heterocycles. The summed E-state index contributed by atoms with van der Waals surface area (Å²) in [4.78, 5) is 93.2. The van der Waals surface area contributed by atoms with Gasteiger partial charge in [-0.25, -0.2) is 4.39 Å². The quantitative estimate of drug-likeness (QED) is 0.156. The fraction of sp³-hybridized carbons (Fsp3) is 0.457. The van der Waals surface area contributed by atoms with Crippen LogP contribution in [0, 0.1) is 5.82 Å². The summed E-state index contributed by atoms with van der Waals surface area (Å²) in [5.74, 6) is -5.41. The molecule has 0 spiro atoms. The van der Waals surface area contributed by atoms with Crippen LogP contribution in [0.4, 0.5) is 4.39 Å². The van der Waals surface area contributed by atoms with E-state index in [4.69, 9.17) is 11.5 Å². The standard InChI is InChI=1S/C35H45FN8O8/c36-22-10-6-21(7-11-22)17-26-34(51)43-27(35(52)44-15-3-5-28(44)31(38)48)18-29(46)39-14-2-1-4-25(33(50)40-19-30(47)41-26)42-32(49)24(37)16-20-8-12-23(45)13-9-20/h6-13,24-28,45H,1-5,14-19,37H2,(H2,38,48)(H,39,46)(H,40,50)(H,41,47)(H,42,49)(H,43,51)/t24-,25+,26-,27+,28-/m0/s1. The molecule has 0 unspecified atom stereocenters. The number of phenolic OH excluding ortho intramolecular Hbond substituents is 1. The molecule has 5 atom stereocenters. The van der Waals surface area contributed by atoms with Gasteiger partial charge in [0.2, 0.25) is 41.4 Å². The minimum Gasteiger partial charge on any atom is -0.508 e. The van der Waals surface area contributed by atoms with E-state index in [9.17, 15) is 43.1 Å². The molecule has 0 bridgehead atoms. The van der Waals surface area contributed by atoms with E-state index in [0.29, 0.717) is 36.8 Å². The third-order valence-corrected chi connectivity index (χ3v) is 8.90. The molecule has 0 saturated carbocycles. The first-order valence-electron chi connectivity index (χ1n) is 17.1. The minimum atomic E-state index is -1.42. The first-order valence-corrected chi connectivity index (χ1v) is 17.1. The molecular weight excluding hydrogens is 679 g/mol. The summed E-state index contributed by atoms with van der Waals surface area (Å²) in [5.41, 5.74) is 12.8. The van der Waals surface area contributed by atoms with E-state index in [1.165, 1.54) is 41.3 Å². The molecule has 2 aliphatic heterocycles. The number of carbonyl (C=O) groups excluding carboxylic acids is 7. The Kier molecular flexibility index (Phi) is 14.0. The van der Waals surface area contributed by atoms with Crippen molar-refractivity contribution in [3.63, 3.8) is 0 Å². The molecule has 10 N–H and O–H groups in total. The third-order valence-electron chi connectivity index (χ3n) is 8.90. The van der Waals surface area contributed by atoms with Gasteiger partial charge in [-0.2, -0.15) is 0 Å². The lowest BCUT2D eigenvalue weighted by Gasteiger charge is -2.29. The number of nitrogens with two attached hydrogens (primary N) is 2. The number of benzene rings is 2. The van der Waals surface area contributed by atoms with Crippen LogP contribution in [0.15, 0.2) is 48.5 Å². The zero-order valence-corrected chi connectivity index (χ0v) is 28.6. The highest BCUT2D eigenvalue weighted by Gasteiger charge is 2.38. The van der Waals surface area contributed by atoms with Crippen molar-refractivity contribution in [2.75, 3.05) is 19.6 Å². The molecule has 2 fully saturated rings. The molecule has 2 aromatic carbocycles. The number of rotatable bonds is 8. The summed E-state index contributed by atoms with van der Waals surface area (Å²) in [5, 5.41) is 22.4. The zero-order valence-electron chi connectivity index (χ0n) is 28.6. The van der Waals surface area contributed by atoms with Crippen LogP contribution in [-0.2, 0) is 46.4 Å². The third kappa shape index (κ3) is 11.5. The lowest BCUT2D eigenvalue weighted by Crippen LogP contribution is -2.58. The van der Waals surface area contributed by atoms with E-state index in [1.54, 1.807) is 12.1 Å². The van der Waals surface area contributed by atoms with Crippen LogP contribution in [0.25, 0.3) is 0 Å². The number of hydrogen-bond acceptors (Lipinski definition) is 9. The van der Waals surface area contributed by atoms with Gasteiger partial charge in [-0.3, -0.25) is 33.6 Å². The topological polar surface area (TPSA) is 255 Å². The molecule has 2 aliphatic rings. The SMILES string of the molecule is NC(=O)[C@@H]1CCCN1C(=O)[C@H]1CC(=O)NCCCC[C@@H](NC(=O)[C@@H](N)Cc2ccc(O)cc2)C(=O)NCC(=O)N[C@@H](Cc2ccc(F)cc2)C(=O)N1. The summed E-state index contributed by atoms with van der Waals surface area (Å²) >= 11 is 0. The van der Waals surface area contributed by atoms with Gasteiger partial charge in [0.15, 0.2) is 0 Å². The number of likely N-dealkylation sites (tertiary alicyclic amines) is 1. The van der Waals surface area contributed by atoms with Crippen LogP contribution >= 0.6 is 0 Å². The number of nitrogens with one attached hydrogen (secondary N) is 5. The van der Waals surface area contributed by atoms with Crippen molar-refractivity contribution in [1.82, 2.24) is 31.5 Å².